The van der Waals surface area contributed by atoms with Crippen molar-refractivity contribution >= 4 is 23.1 Å². The molecule has 0 saturated carbocycles. The monoisotopic (exact) mass is 559 g/mol. The van der Waals surface area contributed by atoms with Gasteiger partial charge in [-0.15, -0.1) is 0 Å². The Morgan fingerprint density at radius 2 is 1.45 bits per heavy atom. The van der Waals surface area contributed by atoms with Gasteiger partial charge in [0, 0.05) is 24.0 Å². The standard InChI is InChI=1S/C35H37N5O2/c1-4-40(5-2)22-23-42-30-20-18-29(19-21-30)37-35-36-25-31(34(39-35)38-32-16-9-10-17-33(32)41-3)28-15-11-14-27(24-28)26-12-7-6-8-13-26/h6-21,24-25H,4-5,22-23H2,1-3H3,(H2,36,37,38,39). The summed E-state index contributed by atoms with van der Waals surface area (Å²) in [6, 6.07) is 34.4. The lowest BCUT2D eigenvalue weighted by molar-refractivity contribution is 0.223. The number of nitrogens with one attached hydrogen (secondary N) is 2. The average molecular weight is 560 g/mol. The van der Waals surface area contributed by atoms with Gasteiger partial charge in [0.1, 0.15) is 23.9 Å². The summed E-state index contributed by atoms with van der Waals surface area (Å²) in [6.07, 6.45) is 1.85. The van der Waals surface area contributed by atoms with Crippen LogP contribution in [0.15, 0.2) is 109 Å². The number of rotatable bonds is 13. The Balaban J connectivity index is 1.40. The van der Waals surface area contributed by atoms with Crippen LogP contribution in [-0.2, 0) is 0 Å². The number of aromatic nitrogens is 2. The summed E-state index contributed by atoms with van der Waals surface area (Å²) in [5.41, 5.74) is 5.84. The van der Waals surface area contributed by atoms with Gasteiger partial charge >= 0.3 is 0 Å². The van der Waals surface area contributed by atoms with E-state index in [-0.39, 0.29) is 0 Å². The highest BCUT2D eigenvalue weighted by molar-refractivity contribution is 5.82. The van der Waals surface area contributed by atoms with Crippen LogP contribution in [-0.4, -0.2) is 48.2 Å². The van der Waals surface area contributed by atoms with Crippen molar-refractivity contribution in [3.63, 3.8) is 0 Å². The lowest BCUT2D eigenvalue weighted by Gasteiger charge is -2.18. The first-order valence-electron chi connectivity index (χ1n) is 14.3. The van der Waals surface area contributed by atoms with E-state index in [2.05, 4.69) is 70.8 Å². The second-order valence-electron chi connectivity index (χ2n) is 9.75. The van der Waals surface area contributed by atoms with Gasteiger partial charge in [0.25, 0.3) is 0 Å². The number of hydrogen-bond donors (Lipinski definition) is 2. The lowest BCUT2D eigenvalue weighted by atomic mass is 10.00. The maximum absolute atomic E-state index is 5.94. The number of benzene rings is 4. The minimum atomic E-state index is 0.477. The molecule has 1 heterocycles. The number of ether oxygens (including phenoxy) is 2. The van der Waals surface area contributed by atoms with Gasteiger partial charge in [-0.1, -0.05) is 74.5 Å². The van der Waals surface area contributed by atoms with Crippen LogP contribution in [0.5, 0.6) is 11.5 Å². The lowest BCUT2D eigenvalue weighted by Crippen LogP contribution is -2.27. The van der Waals surface area contributed by atoms with Gasteiger partial charge in [-0.25, -0.2) is 4.98 Å². The van der Waals surface area contributed by atoms with Crippen LogP contribution in [0.25, 0.3) is 22.3 Å². The van der Waals surface area contributed by atoms with Gasteiger partial charge in [-0.2, -0.15) is 4.98 Å². The van der Waals surface area contributed by atoms with Crippen LogP contribution in [0.1, 0.15) is 13.8 Å². The second kappa shape index (κ2) is 14.1. The SMILES string of the molecule is CCN(CC)CCOc1ccc(Nc2ncc(-c3cccc(-c4ccccc4)c3)c(Nc3ccccc3OC)n2)cc1. The van der Waals surface area contributed by atoms with Gasteiger partial charge < -0.3 is 25.0 Å². The molecule has 214 valence electrons. The third-order valence-corrected chi connectivity index (χ3v) is 7.11. The van der Waals surface area contributed by atoms with Crippen molar-refractivity contribution in [1.29, 1.82) is 0 Å². The van der Waals surface area contributed by atoms with Crippen LogP contribution in [0.4, 0.5) is 23.1 Å². The molecule has 5 rings (SSSR count). The summed E-state index contributed by atoms with van der Waals surface area (Å²) in [4.78, 5) is 11.9. The molecule has 0 aliphatic carbocycles. The van der Waals surface area contributed by atoms with Crippen molar-refractivity contribution in [1.82, 2.24) is 14.9 Å². The Kier molecular flexibility index (Phi) is 9.65. The number of nitrogens with zero attached hydrogens (tertiary/aromatic N) is 3. The van der Waals surface area contributed by atoms with Crippen molar-refractivity contribution in [2.75, 3.05) is 44.0 Å². The van der Waals surface area contributed by atoms with Crippen LogP contribution >= 0.6 is 0 Å². The molecular weight excluding hydrogens is 522 g/mol. The molecule has 0 unspecified atom stereocenters. The molecule has 1 aromatic heterocycles. The molecule has 2 N–H and O–H groups in total. The van der Waals surface area contributed by atoms with Crippen molar-refractivity contribution in [2.45, 2.75) is 13.8 Å². The van der Waals surface area contributed by atoms with E-state index in [0.717, 1.165) is 64.8 Å². The Morgan fingerprint density at radius 3 is 2.21 bits per heavy atom. The first-order valence-corrected chi connectivity index (χ1v) is 14.3. The first-order chi connectivity index (χ1) is 20.7. The first kappa shape index (κ1) is 28.6. The molecule has 0 amide bonds. The molecule has 0 saturated heterocycles. The summed E-state index contributed by atoms with van der Waals surface area (Å²) >= 11 is 0. The molecule has 0 radical (unpaired) electrons. The zero-order valence-electron chi connectivity index (χ0n) is 24.4. The molecule has 0 bridgehead atoms. The van der Waals surface area contributed by atoms with E-state index in [1.807, 2.05) is 72.9 Å². The minimum absolute atomic E-state index is 0.477. The number of para-hydroxylation sites is 2. The summed E-state index contributed by atoms with van der Waals surface area (Å²) < 4.78 is 11.5. The summed E-state index contributed by atoms with van der Waals surface area (Å²) in [5, 5.41) is 6.82. The summed E-state index contributed by atoms with van der Waals surface area (Å²) in [5.74, 6) is 2.70. The molecule has 0 fully saturated rings. The van der Waals surface area contributed by atoms with Crippen molar-refractivity contribution in [3.05, 3.63) is 109 Å². The Morgan fingerprint density at radius 1 is 0.738 bits per heavy atom. The summed E-state index contributed by atoms with van der Waals surface area (Å²) in [7, 11) is 1.66. The highest BCUT2D eigenvalue weighted by atomic mass is 16.5. The van der Waals surface area contributed by atoms with E-state index in [4.69, 9.17) is 14.5 Å². The fourth-order valence-electron chi connectivity index (χ4n) is 4.72. The largest absolute Gasteiger partial charge is 0.495 e. The molecule has 7 nitrogen and oxygen atoms in total. The fourth-order valence-corrected chi connectivity index (χ4v) is 4.72. The van der Waals surface area contributed by atoms with E-state index in [1.54, 1.807) is 7.11 Å². The van der Waals surface area contributed by atoms with Crippen LogP contribution in [0, 0.1) is 0 Å². The van der Waals surface area contributed by atoms with Gasteiger partial charge in [-0.05, 0) is 72.2 Å². The zero-order chi connectivity index (χ0) is 29.1. The van der Waals surface area contributed by atoms with Crippen LogP contribution in [0.3, 0.4) is 0 Å². The van der Waals surface area contributed by atoms with Crippen LogP contribution < -0.4 is 20.1 Å². The van der Waals surface area contributed by atoms with E-state index in [0.29, 0.717) is 18.4 Å². The minimum Gasteiger partial charge on any atom is -0.495 e. The van der Waals surface area contributed by atoms with Gasteiger partial charge in [0.2, 0.25) is 5.95 Å². The fraction of sp³-hybridized carbons (Fsp3) is 0.200. The molecule has 0 aliphatic rings. The molecule has 7 heteroatoms. The maximum Gasteiger partial charge on any atom is 0.229 e. The number of likely N-dealkylation sites (N-methyl/N-ethyl adjacent to an activating group) is 1. The second-order valence-corrected chi connectivity index (χ2v) is 9.75. The van der Waals surface area contributed by atoms with E-state index >= 15 is 0 Å². The van der Waals surface area contributed by atoms with Crippen molar-refractivity contribution in [3.8, 4) is 33.8 Å². The molecule has 0 atom stereocenters. The quantitative estimate of drug-likeness (QED) is 0.151. The highest BCUT2D eigenvalue weighted by Gasteiger charge is 2.14. The normalized spacial score (nSPS) is 10.9. The number of methoxy groups -OCH3 is 1. The van der Waals surface area contributed by atoms with Crippen molar-refractivity contribution in [2.24, 2.45) is 0 Å². The van der Waals surface area contributed by atoms with Gasteiger partial charge in [0.15, 0.2) is 0 Å². The molecule has 5 aromatic rings. The van der Waals surface area contributed by atoms with E-state index in [9.17, 15) is 0 Å². The zero-order valence-corrected chi connectivity index (χ0v) is 24.4. The number of hydrogen-bond acceptors (Lipinski definition) is 7. The average Bonchev–Trinajstić information content (AvgIpc) is 3.05. The smallest absolute Gasteiger partial charge is 0.229 e. The topological polar surface area (TPSA) is 71.5 Å². The summed E-state index contributed by atoms with van der Waals surface area (Å²) in [6.45, 7) is 7.93. The predicted octanol–water partition coefficient (Wildman–Crippen LogP) is 8.03. The number of anilines is 4. The molecule has 42 heavy (non-hydrogen) atoms. The maximum atomic E-state index is 5.94. The third kappa shape index (κ3) is 7.25. The Labute approximate surface area is 248 Å². The Hall–Kier alpha value is -4.88. The third-order valence-electron chi connectivity index (χ3n) is 7.11. The molecule has 4 aromatic carbocycles. The van der Waals surface area contributed by atoms with Gasteiger partial charge in [0.05, 0.1) is 12.8 Å². The van der Waals surface area contributed by atoms with Gasteiger partial charge in [-0.3, -0.25) is 0 Å². The van der Waals surface area contributed by atoms with E-state index < -0.39 is 0 Å². The highest BCUT2D eigenvalue weighted by Crippen LogP contribution is 2.35. The molecule has 0 spiro atoms. The van der Waals surface area contributed by atoms with Crippen LogP contribution in [0.2, 0.25) is 0 Å². The molecular formula is C35H37N5O2. The predicted molar refractivity (Wildman–Crippen MR) is 172 cm³/mol. The van der Waals surface area contributed by atoms with E-state index in [1.165, 1.54) is 0 Å². The molecule has 0 aliphatic heterocycles. The Bertz CT molecular complexity index is 1570. The van der Waals surface area contributed by atoms with Crippen molar-refractivity contribution < 1.29 is 9.47 Å².